The van der Waals surface area contributed by atoms with Gasteiger partial charge in [0.25, 0.3) is 0 Å². The number of thiocarbonyl (C=S) groups is 1. The standard InChI is InChI=1S/C28H35N5OS.2ClH/c29-18-10-17-26(27(34)30-20-23-13-6-2-7-14-23)32-25(19-22-11-4-1-5-12-22)21-31-28(35)33-24-15-8-3-9-16-24;;/h1-9,11-16,25-26,32H,10,17-21,29H2,(H,30,34)(H2,31,33,35);2*1H/t25-,26-;;/m0../s1. The minimum absolute atomic E-state index is 0. The Hall–Kier alpha value is -2.68. The van der Waals surface area contributed by atoms with Gasteiger partial charge in [-0.15, -0.1) is 24.8 Å². The number of nitrogens with two attached hydrogens (primary N) is 1. The summed E-state index contributed by atoms with van der Waals surface area (Å²) >= 11 is 5.50. The number of carbonyl (C=O) groups excluding carboxylic acids is 1. The van der Waals surface area contributed by atoms with Crippen LogP contribution in [0.2, 0.25) is 0 Å². The maximum absolute atomic E-state index is 13.1. The van der Waals surface area contributed by atoms with Gasteiger partial charge < -0.3 is 27.0 Å². The van der Waals surface area contributed by atoms with Gasteiger partial charge in [-0.2, -0.15) is 0 Å². The highest BCUT2D eigenvalue weighted by atomic mass is 35.5. The Morgan fingerprint density at radius 3 is 1.97 bits per heavy atom. The molecule has 0 saturated heterocycles. The minimum Gasteiger partial charge on any atom is -0.361 e. The highest BCUT2D eigenvalue weighted by Crippen LogP contribution is 2.08. The van der Waals surface area contributed by atoms with E-state index < -0.39 is 0 Å². The van der Waals surface area contributed by atoms with Crippen LogP contribution < -0.4 is 27.0 Å². The Balaban J connectivity index is 0.00000342. The molecule has 0 unspecified atom stereocenters. The average Bonchev–Trinajstić information content (AvgIpc) is 2.90. The van der Waals surface area contributed by atoms with Crippen molar-refractivity contribution >= 4 is 53.7 Å². The van der Waals surface area contributed by atoms with Crippen molar-refractivity contribution in [2.75, 3.05) is 18.4 Å². The van der Waals surface area contributed by atoms with Gasteiger partial charge in [-0.1, -0.05) is 78.9 Å². The van der Waals surface area contributed by atoms with Crippen molar-refractivity contribution < 1.29 is 4.79 Å². The van der Waals surface area contributed by atoms with E-state index in [2.05, 4.69) is 33.4 Å². The number of para-hydroxylation sites is 1. The summed E-state index contributed by atoms with van der Waals surface area (Å²) in [7, 11) is 0. The molecule has 0 spiro atoms. The molecule has 0 fully saturated rings. The number of carbonyl (C=O) groups is 1. The molecule has 0 bridgehead atoms. The van der Waals surface area contributed by atoms with Crippen molar-refractivity contribution in [1.29, 1.82) is 0 Å². The fourth-order valence-electron chi connectivity index (χ4n) is 3.81. The molecule has 6 nitrogen and oxygen atoms in total. The Bertz CT molecular complexity index is 1030. The summed E-state index contributed by atoms with van der Waals surface area (Å²) in [6.07, 6.45) is 2.18. The van der Waals surface area contributed by atoms with E-state index in [4.69, 9.17) is 18.0 Å². The van der Waals surface area contributed by atoms with Crippen molar-refractivity contribution in [3.63, 3.8) is 0 Å². The molecule has 200 valence electrons. The first-order valence-corrected chi connectivity index (χ1v) is 12.5. The molecule has 0 saturated carbocycles. The van der Waals surface area contributed by atoms with E-state index in [1.165, 1.54) is 5.56 Å². The SMILES string of the molecule is Cl.Cl.NCCC[C@H](N[C@H](CNC(=S)Nc1ccccc1)Cc1ccccc1)C(=O)NCc1ccccc1. The number of nitrogens with one attached hydrogen (secondary N) is 4. The van der Waals surface area contributed by atoms with E-state index in [9.17, 15) is 4.79 Å². The second kappa shape index (κ2) is 18.5. The number of amides is 1. The highest BCUT2D eigenvalue weighted by molar-refractivity contribution is 7.80. The largest absolute Gasteiger partial charge is 0.361 e. The molecule has 0 aromatic heterocycles. The fraction of sp³-hybridized carbons (Fsp3) is 0.286. The van der Waals surface area contributed by atoms with Gasteiger partial charge in [-0.25, -0.2) is 0 Å². The van der Waals surface area contributed by atoms with Crippen LogP contribution in [0.15, 0.2) is 91.0 Å². The van der Waals surface area contributed by atoms with Crippen LogP contribution in [0, 0.1) is 0 Å². The molecule has 3 aromatic carbocycles. The van der Waals surface area contributed by atoms with Crippen molar-refractivity contribution in [2.45, 2.75) is 37.9 Å². The summed E-state index contributed by atoms with van der Waals surface area (Å²) in [5, 5.41) is 13.7. The molecule has 0 aliphatic carbocycles. The van der Waals surface area contributed by atoms with Crippen molar-refractivity contribution in [2.24, 2.45) is 5.73 Å². The van der Waals surface area contributed by atoms with Gasteiger partial charge in [0.15, 0.2) is 5.11 Å². The molecule has 0 aliphatic rings. The van der Waals surface area contributed by atoms with Gasteiger partial charge >= 0.3 is 0 Å². The Kier molecular flexibility index (Phi) is 16.2. The molecule has 1 amide bonds. The zero-order valence-electron chi connectivity index (χ0n) is 20.8. The molecule has 0 aliphatic heterocycles. The number of hydrogen-bond acceptors (Lipinski definition) is 4. The van der Waals surface area contributed by atoms with Gasteiger partial charge in [-0.3, -0.25) is 4.79 Å². The third-order valence-electron chi connectivity index (χ3n) is 5.63. The average molecular weight is 563 g/mol. The quantitative estimate of drug-likeness (QED) is 0.198. The maximum Gasteiger partial charge on any atom is 0.237 e. The van der Waals surface area contributed by atoms with Crippen LogP contribution in [0.4, 0.5) is 5.69 Å². The summed E-state index contributed by atoms with van der Waals surface area (Å²) in [5.74, 6) is -0.0228. The maximum atomic E-state index is 13.1. The Morgan fingerprint density at radius 1 is 0.811 bits per heavy atom. The van der Waals surface area contributed by atoms with Gasteiger partial charge in [0.05, 0.1) is 6.04 Å². The third-order valence-corrected chi connectivity index (χ3v) is 5.87. The summed E-state index contributed by atoms with van der Waals surface area (Å²) in [6.45, 7) is 1.60. The van der Waals surface area contributed by atoms with Crippen LogP contribution in [0.1, 0.15) is 24.0 Å². The van der Waals surface area contributed by atoms with Crippen LogP contribution >= 0.6 is 37.0 Å². The lowest BCUT2D eigenvalue weighted by Crippen LogP contribution is -2.52. The molecule has 0 radical (unpaired) electrons. The molecular weight excluding hydrogens is 525 g/mol. The molecule has 9 heteroatoms. The number of benzene rings is 3. The summed E-state index contributed by atoms with van der Waals surface area (Å²) < 4.78 is 0. The molecule has 37 heavy (non-hydrogen) atoms. The second-order valence-corrected chi connectivity index (χ2v) is 8.85. The Morgan fingerprint density at radius 2 is 1.38 bits per heavy atom. The second-order valence-electron chi connectivity index (χ2n) is 8.44. The monoisotopic (exact) mass is 561 g/mol. The minimum atomic E-state index is -0.353. The van der Waals surface area contributed by atoms with E-state index in [-0.39, 0.29) is 42.8 Å². The first-order chi connectivity index (χ1) is 17.1. The van der Waals surface area contributed by atoms with E-state index in [0.717, 1.165) is 24.1 Å². The highest BCUT2D eigenvalue weighted by Gasteiger charge is 2.22. The topological polar surface area (TPSA) is 91.2 Å². The summed E-state index contributed by atoms with van der Waals surface area (Å²) in [5.41, 5.74) is 8.96. The number of hydrogen-bond donors (Lipinski definition) is 5. The van der Waals surface area contributed by atoms with Crippen LogP contribution in [0.5, 0.6) is 0 Å². The van der Waals surface area contributed by atoms with E-state index in [1.54, 1.807) is 0 Å². The molecule has 6 N–H and O–H groups in total. The van der Waals surface area contributed by atoms with Crippen molar-refractivity contribution in [3.05, 3.63) is 102 Å². The first kappa shape index (κ1) is 32.3. The Labute approximate surface area is 238 Å². The fourth-order valence-corrected chi connectivity index (χ4v) is 4.01. The number of rotatable bonds is 13. The zero-order chi connectivity index (χ0) is 24.7. The molecular formula is C28H37Cl2N5OS. The van der Waals surface area contributed by atoms with Crippen LogP contribution in [0.3, 0.4) is 0 Å². The summed E-state index contributed by atoms with van der Waals surface area (Å²) in [6, 6.07) is 29.6. The van der Waals surface area contributed by atoms with E-state index >= 15 is 0 Å². The first-order valence-electron chi connectivity index (χ1n) is 12.1. The summed E-state index contributed by atoms with van der Waals surface area (Å²) in [4.78, 5) is 13.1. The van der Waals surface area contributed by atoms with Crippen LogP contribution in [-0.2, 0) is 17.8 Å². The predicted octanol–water partition coefficient (Wildman–Crippen LogP) is 4.44. The lowest BCUT2D eigenvalue weighted by atomic mass is 10.0. The van der Waals surface area contributed by atoms with Crippen molar-refractivity contribution in [3.8, 4) is 0 Å². The lowest BCUT2D eigenvalue weighted by molar-refractivity contribution is -0.123. The lowest BCUT2D eigenvalue weighted by Gasteiger charge is -2.26. The van der Waals surface area contributed by atoms with Gasteiger partial charge in [0.2, 0.25) is 5.91 Å². The molecule has 3 rings (SSSR count). The van der Waals surface area contributed by atoms with E-state index in [0.29, 0.717) is 31.2 Å². The normalized spacial score (nSPS) is 11.7. The van der Waals surface area contributed by atoms with Gasteiger partial charge in [0.1, 0.15) is 0 Å². The van der Waals surface area contributed by atoms with E-state index in [1.807, 2.05) is 78.9 Å². The van der Waals surface area contributed by atoms with Gasteiger partial charge in [0, 0.05) is 24.8 Å². The van der Waals surface area contributed by atoms with Gasteiger partial charge in [-0.05, 0) is 61.3 Å². The smallest absolute Gasteiger partial charge is 0.237 e. The number of anilines is 1. The number of halogens is 2. The van der Waals surface area contributed by atoms with Crippen LogP contribution in [0.25, 0.3) is 0 Å². The zero-order valence-corrected chi connectivity index (χ0v) is 23.2. The molecule has 0 heterocycles. The predicted molar refractivity (Wildman–Crippen MR) is 163 cm³/mol. The molecule has 3 aromatic rings. The van der Waals surface area contributed by atoms with Crippen LogP contribution in [-0.4, -0.2) is 36.2 Å². The third kappa shape index (κ3) is 12.4. The van der Waals surface area contributed by atoms with Crippen molar-refractivity contribution in [1.82, 2.24) is 16.0 Å². The molecule has 2 atom stereocenters.